The first-order valence-electron chi connectivity index (χ1n) is 21.5. The van der Waals surface area contributed by atoms with Crippen LogP contribution in [-0.2, 0) is 38.8 Å². The average molecular weight is 1020 g/mol. The van der Waals surface area contributed by atoms with E-state index < -0.39 is 129 Å². The molecule has 69 heavy (non-hydrogen) atoms. The lowest BCUT2D eigenvalue weighted by molar-refractivity contribution is -0.120. The highest BCUT2D eigenvalue weighted by molar-refractivity contribution is 7.93. The second kappa shape index (κ2) is 20.0. The van der Waals surface area contributed by atoms with Crippen molar-refractivity contribution in [2.45, 2.75) is 120 Å². The van der Waals surface area contributed by atoms with E-state index in [1.807, 2.05) is 0 Å². The fourth-order valence-electron chi connectivity index (χ4n) is 8.05. The smallest absolute Gasteiger partial charge is 0.295 e. The van der Waals surface area contributed by atoms with Crippen molar-refractivity contribution in [2.24, 2.45) is 27.4 Å². The van der Waals surface area contributed by atoms with Crippen molar-refractivity contribution in [3.63, 3.8) is 0 Å². The third-order valence-electron chi connectivity index (χ3n) is 11.7. The number of fused-ring (bicyclic) bond motifs is 1. The molecule has 24 heteroatoms. The Morgan fingerprint density at radius 2 is 1.70 bits per heavy atom. The van der Waals surface area contributed by atoms with E-state index in [0.29, 0.717) is 18.9 Å². The van der Waals surface area contributed by atoms with Crippen LogP contribution in [0.1, 0.15) is 83.3 Å². The second-order valence-corrected chi connectivity index (χ2v) is 21.4. The summed E-state index contributed by atoms with van der Waals surface area (Å²) in [6.07, 6.45) is -6.66. The van der Waals surface area contributed by atoms with Gasteiger partial charge in [-0.3, -0.25) is 24.9 Å². The van der Waals surface area contributed by atoms with Gasteiger partial charge in [0, 0.05) is 34.9 Å². The Morgan fingerprint density at radius 1 is 1.06 bits per heavy atom. The number of aryl methyl sites for hydroxylation is 1. The van der Waals surface area contributed by atoms with Crippen LogP contribution in [-0.4, -0.2) is 92.7 Å². The number of carbonyl (C=O) groups is 1. The number of aliphatic hydroxyl groups is 1. The van der Waals surface area contributed by atoms with Gasteiger partial charge in [-0.2, -0.15) is 18.9 Å². The number of alkyl halides is 6. The molecule has 374 valence electrons. The van der Waals surface area contributed by atoms with E-state index in [-0.39, 0.29) is 62.7 Å². The summed E-state index contributed by atoms with van der Waals surface area (Å²) in [7, 11) is -3.59. The van der Waals surface area contributed by atoms with Crippen LogP contribution in [0.25, 0.3) is 22.0 Å². The quantitative estimate of drug-likeness (QED) is 0.0389. The van der Waals surface area contributed by atoms with Crippen molar-refractivity contribution in [2.75, 3.05) is 6.54 Å². The number of aromatic nitrogens is 3. The molecule has 14 nitrogen and oxygen atoms in total. The minimum atomic E-state index is -3.76. The number of amidine groups is 1. The molecule has 2 saturated carbocycles. The number of pyridine rings is 1. The minimum absolute atomic E-state index is 0.0141. The summed E-state index contributed by atoms with van der Waals surface area (Å²) >= 11 is 6.69. The summed E-state index contributed by atoms with van der Waals surface area (Å²) in [5.41, 5.74) is 6.90. The predicted molar refractivity (Wildman–Crippen MR) is 244 cm³/mol. The maximum absolute atomic E-state index is 15.3. The van der Waals surface area contributed by atoms with Crippen molar-refractivity contribution >= 4 is 61.7 Å². The number of amides is 1. The van der Waals surface area contributed by atoms with Crippen LogP contribution < -0.4 is 16.8 Å². The van der Waals surface area contributed by atoms with Gasteiger partial charge in [0.25, 0.3) is 24.8 Å². The van der Waals surface area contributed by atoms with Crippen LogP contribution >= 0.6 is 11.6 Å². The van der Waals surface area contributed by atoms with Gasteiger partial charge in [-0.1, -0.05) is 30.7 Å². The van der Waals surface area contributed by atoms with E-state index in [4.69, 9.17) is 38.2 Å². The number of nitrogens with zero attached hydrogens (tertiary/aromatic N) is 5. The molecule has 2 fully saturated rings. The zero-order valence-corrected chi connectivity index (χ0v) is 39.4. The lowest BCUT2D eigenvalue weighted by Crippen LogP contribution is -2.36. The zero-order chi connectivity index (χ0) is 51.1. The van der Waals surface area contributed by atoms with Crippen molar-refractivity contribution < 1.29 is 58.2 Å². The average Bonchev–Trinajstić information content (AvgIpc) is 3.99. The summed E-state index contributed by atoms with van der Waals surface area (Å²) in [5.74, 6) is -9.14. The monoisotopic (exact) mass is 1020 g/mol. The van der Waals surface area contributed by atoms with Crippen LogP contribution in [0.5, 0.6) is 0 Å². The third kappa shape index (κ3) is 11.9. The number of aliphatic imine (C=N–C) groups is 2. The summed E-state index contributed by atoms with van der Waals surface area (Å²) in [6, 6.07) is 6.01. The predicted octanol–water partition coefficient (Wildman–Crippen LogP) is 8.29. The van der Waals surface area contributed by atoms with Gasteiger partial charge in [0.05, 0.1) is 43.4 Å². The highest BCUT2D eigenvalue weighted by Gasteiger charge is 2.50. The van der Waals surface area contributed by atoms with Crippen LogP contribution in [0.3, 0.4) is 0 Å². The topological polar surface area (TPSA) is 224 Å². The molecule has 0 unspecified atom stereocenters. The first-order chi connectivity index (χ1) is 32.0. The van der Waals surface area contributed by atoms with Gasteiger partial charge in [-0.05, 0) is 95.5 Å². The highest BCUT2D eigenvalue weighted by Crippen LogP contribution is 2.44. The number of ether oxygens (including phenoxy) is 1. The number of rotatable bonds is 17. The lowest BCUT2D eigenvalue weighted by Gasteiger charge is -2.26. The molecule has 0 aliphatic heterocycles. The standard InChI is InChI=1S/C45H50ClF8N9O5S/c1-21-18-45(53,54)38(33(21)35(55)39(51)52)58-19-32(64)60-30(16-22-14-23(47)17-24(48)15-22)36-27(9-6-25(59-36)12-13-43(2,3)69(66,67)26-7-8-26)28-10-11-29(46)34-37(28)63(20-31(49)50)62-40(34)61-42(57)68-41(56)44(4,5)65/h6,9-11,14-15,17,21,26,30-31,39,56,65H,7-8,12-13,16,18-20,55H2,1-5H3,(H,60,64)(H2,57,61,62)/t21-,30-/m0/s1. The Bertz CT molecular complexity index is 2840. The number of benzene rings is 2. The third-order valence-corrected chi connectivity index (χ3v) is 15.1. The molecule has 0 radical (unpaired) electrons. The number of halogens is 9. The SMILES string of the molecule is C[C@H]1CC(F)(F)C(=NCC(=O)N[C@@H](Cc2cc(F)cc(F)c2)c2nc(CCC(C)(C)S(=O)(=O)C3CC3)ccc2-c2ccc(Cl)c3c(N=C(N)OC(=N)C(C)(C)O)nn(CC(F)F)c23)C1=C(N)C(F)F. The Kier molecular flexibility index (Phi) is 15.2. The zero-order valence-electron chi connectivity index (χ0n) is 37.9. The largest absolute Gasteiger partial charge is 0.408 e. The van der Waals surface area contributed by atoms with Crippen molar-refractivity contribution in [1.29, 1.82) is 5.41 Å². The molecule has 0 bridgehead atoms. The molecule has 0 spiro atoms. The number of hydrogen-bond donors (Lipinski definition) is 5. The van der Waals surface area contributed by atoms with Gasteiger partial charge < -0.3 is 26.6 Å². The number of hydrogen-bond acceptors (Lipinski definition) is 11. The number of nitrogens with one attached hydrogen (secondary N) is 2. The number of nitrogens with two attached hydrogens (primary N) is 2. The van der Waals surface area contributed by atoms with Gasteiger partial charge in [-0.15, -0.1) is 0 Å². The van der Waals surface area contributed by atoms with Gasteiger partial charge in [0.1, 0.15) is 36.0 Å². The van der Waals surface area contributed by atoms with E-state index in [0.717, 1.165) is 16.8 Å². The fourth-order valence-corrected chi connectivity index (χ4v) is 10.3. The molecule has 2 atom stereocenters. The van der Waals surface area contributed by atoms with Gasteiger partial charge >= 0.3 is 0 Å². The Hall–Kier alpha value is -5.68. The highest BCUT2D eigenvalue weighted by atomic mass is 35.5. The molecule has 2 aliphatic rings. The number of sulfone groups is 1. The first-order valence-corrected chi connectivity index (χ1v) is 23.4. The fraction of sp³-hybridized carbons (Fsp3) is 0.467. The Balaban J connectivity index is 1.56. The summed E-state index contributed by atoms with van der Waals surface area (Å²) in [5, 5.41) is 24.4. The molecule has 1 amide bonds. The van der Waals surface area contributed by atoms with Crippen molar-refractivity contribution in [1.82, 2.24) is 20.1 Å². The lowest BCUT2D eigenvalue weighted by atomic mass is 9.93. The van der Waals surface area contributed by atoms with Gasteiger partial charge in [0.15, 0.2) is 15.7 Å². The van der Waals surface area contributed by atoms with Crippen molar-refractivity contribution in [3.8, 4) is 11.1 Å². The van der Waals surface area contributed by atoms with Crippen LogP contribution in [0.15, 0.2) is 63.7 Å². The molecule has 2 heterocycles. The van der Waals surface area contributed by atoms with Crippen LogP contribution in [0.2, 0.25) is 5.02 Å². The maximum Gasteiger partial charge on any atom is 0.295 e. The Labute approximate surface area is 396 Å². The molecule has 6 rings (SSSR count). The summed E-state index contributed by atoms with van der Waals surface area (Å²) < 4.78 is 148. The van der Waals surface area contributed by atoms with E-state index in [1.165, 1.54) is 45.0 Å². The molecular formula is C45H50ClF8N9O5S. The molecule has 7 N–H and O–H groups in total. The van der Waals surface area contributed by atoms with E-state index in [9.17, 15) is 44.7 Å². The summed E-state index contributed by atoms with van der Waals surface area (Å²) in [4.78, 5) is 26.7. The maximum atomic E-state index is 15.3. The van der Waals surface area contributed by atoms with Crippen molar-refractivity contribution in [3.05, 3.63) is 87.3 Å². The number of carbonyl (C=O) groups excluding carboxylic acids is 1. The van der Waals surface area contributed by atoms with Gasteiger partial charge in [-0.25, -0.2) is 34.8 Å². The van der Waals surface area contributed by atoms with E-state index in [2.05, 4.69) is 20.4 Å². The van der Waals surface area contributed by atoms with Crippen LogP contribution in [0.4, 0.5) is 40.9 Å². The molecule has 2 aliphatic carbocycles. The van der Waals surface area contributed by atoms with Crippen LogP contribution in [0, 0.1) is 23.0 Å². The number of allylic oxidation sites excluding steroid dienone is 2. The van der Waals surface area contributed by atoms with E-state index in [1.54, 1.807) is 13.8 Å². The Morgan fingerprint density at radius 3 is 2.29 bits per heavy atom. The van der Waals surface area contributed by atoms with E-state index >= 15 is 8.78 Å². The summed E-state index contributed by atoms with van der Waals surface area (Å²) in [6.45, 7) is 4.71. The molecule has 2 aromatic heterocycles. The molecular weight excluding hydrogens is 966 g/mol. The molecule has 0 saturated heterocycles. The normalized spacial score (nSPS) is 18.7. The first kappa shape index (κ1) is 52.7. The van der Waals surface area contributed by atoms with Gasteiger partial charge in [0.2, 0.25) is 11.8 Å². The second-order valence-electron chi connectivity index (χ2n) is 18.1. The molecule has 2 aromatic carbocycles. The molecule has 4 aromatic rings. The minimum Gasteiger partial charge on any atom is -0.408 e.